The van der Waals surface area contributed by atoms with Crippen LogP contribution in [0, 0.1) is 0 Å². The molecule has 3 heteroatoms. The van der Waals surface area contributed by atoms with Crippen LogP contribution in [0.3, 0.4) is 0 Å². The van der Waals surface area contributed by atoms with Gasteiger partial charge in [0.05, 0.1) is 12.3 Å². The summed E-state index contributed by atoms with van der Waals surface area (Å²) < 4.78 is 0. The first-order valence-electron chi connectivity index (χ1n) is 5.86. The van der Waals surface area contributed by atoms with E-state index < -0.39 is 0 Å². The average molecular weight is 202 g/mol. The second kappa shape index (κ2) is 9.44. The normalized spacial score (nSPS) is 13.5. The molecule has 1 atom stereocenters. The van der Waals surface area contributed by atoms with Gasteiger partial charge in [-0.05, 0) is 19.3 Å². The van der Waals surface area contributed by atoms with Crippen molar-refractivity contribution in [3.05, 3.63) is 0 Å². The van der Waals surface area contributed by atoms with Crippen molar-refractivity contribution in [3.63, 3.8) is 0 Å². The third kappa shape index (κ3) is 9.96. The summed E-state index contributed by atoms with van der Waals surface area (Å²) >= 11 is 0. The van der Waals surface area contributed by atoms with E-state index in [0.717, 1.165) is 38.5 Å². The van der Waals surface area contributed by atoms with E-state index in [2.05, 4.69) is 6.92 Å². The molecule has 0 spiro atoms. The summed E-state index contributed by atoms with van der Waals surface area (Å²) in [6.45, 7) is 2.18. The molecule has 86 valence electrons. The summed E-state index contributed by atoms with van der Waals surface area (Å²) in [7, 11) is 0. The smallest absolute Gasteiger partial charge is 0.0540 e. The Morgan fingerprint density at radius 2 is 1.43 bits per heavy atom. The van der Waals surface area contributed by atoms with Crippen LogP contribution in [0.25, 0.3) is 0 Å². The zero-order valence-corrected chi connectivity index (χ0v) is 9.41. The molecule has 0 rings (SSSR count). The van der Waals surface area contributed by atoms with Crippen molar-refractivity contribution in [2.75, 3.05) is 0 Å². The number of aliphatic hydroxyl groups excluding tert-OH is 1. The van der Waals surface area contributed by atoms with Gasteiger partial charge in [-0.2, -0.15) is 0 Å². The topological polar surface area (TPSA) is 72.3 Å². The third-order valence-corrected chi connectivity index (χ3v) is 2.47. The molecule has 0 heterocycles. The lowest BCUT2D eigenvalue weighted by Gasteiger charge is -2.10. The molecule has 0 fully saturated rings. The highest BCUT2D eigenvalue weighted by molar-refractivity contribution is 4.58. The van der Waals surface area contributed by atoms with Crippen molar-refractivity contribution < 1.29 is 5.11 Å². The highest BCUT2D eigenvalue weighted by Crippen LogP contribution is 2.10. The fraction of sp³-hybridized carbons (Fsp3) is 1.00. The summed E-state index contributed by atoms with van der Waals surface area (Å²) in [4.78, 5) is 0. The van der Waals surface area contributed by atoms with Crippen LogP contribution in [0.5, 0.6) is 0 Å². The number of hydrogen-bond donors (Lipinski definition) is 3. The van der Waals surface area contributed by atoms with Gasteiger partial charge in [-0.25, -0.2) is 0 Å². The second-order valence-electron chi connectivity index (χ2n) is 4.10. The Morgan fingerprint density at radius 3 is 1.93 bits per heavy atom. The van der Waals surface area contributed by atoms with E-state index in [1.54, 1.807) is 0 Å². The Labute approximate surface area is 87.9 Å². The number of aliphatic hydroxyl groups is 1. The minimum absolute atomic E-state index is 0.115. The molecule has 0 saturated carbocycles. The largest absolute Gasteiger partial charge is 0.393 e. The van der Waals surface area contributed by atoms with Crippen molar-refractivity contribution in [1.29, 1.82) is 0 Å². The molecular formula is C11H26N2O. The molecule has 0 aromatic carbocycles. The minimum atomic E-state index is -0.188. The first-order valence-corrected chi connectivity index (χ1v) is 5.86. The summed E-state index contributed by atoms with van der Waals surface area (Å²) in [5.74, 6) is 0. The molecule has 5 N–H and O–H groups in total. The highest BCUT2D eigenvalue weighted by Gasteiger charge is 2.03. The predicted molar refractivity (Wildman–Crippen MR) is 60.8 cm³/mol. The monoisotopic (exact) mass is 202 g/mol. The molecule has 1 unspecified atom stereocenters. The highest BCUT2D eigenvalue weighted by atomic mass is 16.3. The molecule has 0 radical (unpaired) electrons. The van der Waals surface area contributed by atoms with Crippen molar-refractivity contribution >= 4 is 0 Å². The lowest BCUT2D eigenvalue weighted by molar-refractivity contribution is 0.147. The Kier molecular flexibility index (Phi) is 9.35. The number of unbranched alkanes of at least 4 members (excludes halogenated alkanes) is 3. The molecule has 3 nitrogen and oxygen atoms in total. The Hall–Kier alpha value is -0.120. The van der Waals surface area contributed by atoms with E-state index >= 15 is 0 Å². The quantitative estimate of drug-likeness (QED) is 0.394. The van der Waals surface area contributed by atoms with Crippen molar-refractivity contribution in [2.24, 2.45) is 11.5 Å². The fourth-order valence-corrected chi connectivity index (χ4v) is 1.53. The van der Waals surface area contributed by atoms with E-state index in [4.69, 9.17) is 11.5 Å². The van der Waals surface area contributed by atoms with E-state index in [9.17, 15) is 5.11 Å². The third-order valence-electron chi connectivity index (χ3n) is 2.47. The Morgan fingerprint density at radius 1 is 0.929 bits per heavy atom. The molecule has 0 amide bonds. The van der Waals surface area contributed by atoms with Gasteiger partial charge in [-0.3, -0.25) is 0 Å². The fourth-order valence-electron chi connectivity index (χ4n) is 1.53. The average Bonchev–Trinajstić information content (AvgIpc) is 2.13. The number of hydrogen-bond acceptors (Lipinski definition) is 3. The second-order valence-corrected chi connectivity index (χ2v) is 4.10. The van der Waals surface area contributed by atoms with Crippen LogP contribution in [0.1, 0.15) is 58.3 Å². The summed E-state index contributed by atoms with van der Waals surface area (Å²) in [5, 5.41) is 9.58. The molecule has 0 aliphatic rings. The van der Waals surface area contributed by atoms with Crippen molar-refractivity contribution in [1.82, 2.24) is 0 Å². The van der Waals surface area contributed by atoms with E-state index in [1.165, 1.54) is 12.8 Å². The van der Waals surface area contributed by atoms with Crippen molar-refractivity contribution in [2.45, 2.75) is 70.6 Å². The predicted octanol–water partition coefficient (Wildman–Crippen LogP) is 1.73. The van der Waals surface area contributed by atoms with Crippen LogP contribution in [0.15, 0.2) is 0 Å². The van der Waals surface area contributed by atoms with Gasteiger partial charge < -0.3 is 16.6 Å². The van der Waals surface area contributed by atoms with Gasteiger partial charge in [0, 0.05) is 0 Å². The first kappa shape index (κ1) is 13.9. The molecular weight excluding hydrogens is 176 g/mol. The number of nitrogens with two attached hydrogens (primary N) is 2. The van der Waals surface area contributed by atoms with Crippen LogP contribution < -0.4 is 11.5 Å². The summed E-state index contributed by atoms with van der Waals surface area (Å²) in [6.07, 6.45) is 8.07. The van der Waals surface area contributed by atoms with Gasteiger partial charge >= 0.3 is 0 Å². The van der Waals surface area contributed by atoms with Gasteiger partial charge in [-0.1, -0.05) is 39.0 Å². The molecule has 0 aliphatic heterocycles. The maximum atomic E-state index is 9.58. The summed E-state index contributed by atoms with van der Waals surface area (Å²) in [5.41, 5.74) is 10.8. The molecule has 0 bridgehead atoms. The zero-order valence-electron chi connectivity index (χ0n) is 9.41. The summed E-state index contributed by atoms with van der Waals surface area (Å²) in [6, 6.07) is 0. The van der Waals surface area contributed by atoms with Crippen LogP contribution in [-0.2, 0) is 0 Å². The van der Waals surface area contributed by atoms with Gasteiger partial charge in [0.25, 0.3) is 0 Å². The standard InChI is InChI=1S/C11H26N2O/c1-2-3-4-7-10(14)8-5-6-9-11(12)13/h10-11,14H,2-9,12-13H2,1H3. The molecule has 0 saturated heterocycles. The van der Waals surface area contributed by atoms with E-state index in [-0.39, 0.29) is 12.3 Å². The van der Waals surface area contributed by atoms with E-state index in [1.807, 2.05) is 0 Å². The van der Waals surface area contributed by atoms with Gasteiger partial charge in [0.1, 0.15) is 0 Å². The maximum absolute atomic E-state index is 9.58. The number of rotatable bonds is 9. The van der Waals surface area contributed by atoms with Crippen LogP contribution in [-0.4, -0.2) is 17.4 Å². The van der Waals surface area contributed by atoms with Gasteiger partial charge in [0.15, 0.2) is 0 Å². The maximum Gasteiger partial charge on any atom is 0.0540 e. The Balaban J connectivity index is 3.14. The molecule has 14 heavy (non-hydrogen) atoms. The Bertz CT molecular complexity index is 118. The van der Waals surface area contributed by atoms with Gasteiger partial charge in [0.2, 0.25) is 0 Å². The lowest BCUT2D eigenvalue weighted by Crippen LogP contribution is -2.29. The molecule has 0 aliphatic carbocycles. The lowest BCUT2D eigenvalue weighted by atomic mass is 10.0. The zero-order chi connectivity index (χ0) is 10.8. The van der Waals surface area contributed by atoms with Gasteiger partial charge in [-0.15, -0.1) is 0 Å². The van der Waals surface area contributed by atoms with Crippen molar-refractivity contribution in [3.8, 4) is 0 Å². The van der Waals surface area contributed by atoms with Crippen LogP contribution in [0.2, 0.25) is 0 Å². The van der Waals surface area contributed by atoms with E-state index in [0.29, 0.717) is 0 Å². The SMILES string of the molecule is CCCCCC(O)CCCCC(N)N. The molecule has 0 aromatic heterocycles. The van der Waals surface area contributed by atoms with Crippen LogP contribution in [0.4, 0.5) is 0 Å². The van der Waals surface area contributed by atoms with Crippen LogP contribution >= 0.6 is 0 Å². The first-order chi connectivity index (χ1) is 6.66. The minimum Gasteiger partial charge on any atom is -0.393 e. The molecule has 0 aromatic rings.